The fraction of sp³-hybridized carbons (Fsp3) is 0.382. The number of carboxylic acids is 2. The number of ether oxygens (including phenoxy) is 1. The number of benzene rings is 2. The minimum absolute atomic E-state index is 0.168. The number of nitrogens with zero attached hydrogens (tertiary/aromatic N) is 2. The Bertz CT molecular complexity index is 1230. The molecule has 0 fully saturated rings. The Morgan fingerprint density at radius 2 is 1.66 bits per heavy atom. The van der Waals surface area contributed by atoms with Gasteiger partial charge in [-0.25, -0.2) is 4.79 Å². The number of pyridine rings is 1. The molecule has 2 aromatic carbocycles. The molecule has 0 spiro atoms. The van der Waals surface area contributed by atoms with Crippen molar-refractivity contribution in [3.63, 3.8) is 0 Å². The van der Waals surface area contributed by atoms with Crippen LogP contribution in [0.1, 0.15) is 72.0 Å². The van der Waals surface area contributed by atoms with Crippen LogP contribution in [0.25, 0.3) is 6.08 Å². The highest BCUT2D eigenvalue weighted by atomic mass is 16.5. The maximum atomic E-state index is 11.2. The molecule has 218 valence electrons. The number of allylic oxidation sites excluding steroid dienone is 1. The van der Waals surface area contributed by atoms with E-state index < -0.39 is 11.9 Å². The van der Waals surface area contributed by atoms with Gasteiger partial charge in [0.25, 0.3) is 0 Å². The Labute approximate surface area is 243 Å². The van der Waals surface area contributed by atoms with Gasteiger partial charge in [0, 0.05) is 30.9 Å². The summed E-state index contributed by atoms with van der Waals surface area (Å²) in [5, 5.41) is 18.2. The molecule has 1 atom stereocenters. The molecule has 0 aliphatic rings. The molecular formula is C34H42N2O5. The monoisotopic (exact) mass is 558 g/mol. The summed E-state index contributed by atoms with van der Waals surface area (Å²) in [4.78, 5) is 28.5. The number of hydrogen-bond donors (Lipinski definition) is 2. The van der Waals surface area contributed by atoms with Gasteiger partial charge in [-0.2, -0.15) is 0 Å². The highest BCUT2D eigenvalue weighted by Gasteiger charge is 2.10. The van der Waals surface area contributed by atoms with Gasteiger partial charge in [-0.05, 0) is 99.5 Å². The van der Waals surface area contributed by atoms with Crippen molar-refractivity contribution in [1.29, 1.82) is 0 Å². The van der Waals surface area contributed by atoms with Gasteiger partial charge in [0.15, 0.2) is 0 Å². The molecule has 3 aromatic rings. The highest BCUT2D eigenvalue weighted by Crippen LogP contribution is 2.24. The number of unbranched alkanes of at least 4 members (excludes halogenated alkanes) is 3. The molecule has 0 aliphatic carbocycles. The van der Waals surface area contributed by atoms with Crippen LogP contribution in [-0.2, 0) is 17.8 Å². The Hall–Kier alpha value is -3.97. The summed E-state index contributed by atoms with van der Waals surface area (Å²) in [7, 11) is 2.14. The SMILES string of the molecule is CN(CCCCCOc1ccccc1C=CC(CCCCC(=O)O)Cc1ccc(C(=O)O)cc1)Cc1ccncc1. The van der Waals surface area contributed by atoms with Gasteiger partial charge < -0.3 is 19.8 Å². The molecule has 1 unspecified atom stereocenters. The summed E-state index contributed by atoms with van der Waals surface area (Å²) in [6, 6.07) is 19.1. The first-order valence-corrected chi connectivity index (χ1v) is 14.4. The molecule has 7 heteroatoms. The number of aromatic nitrogens is 1. The normalized spacial score (nSPS) is 12.0. The zero-order valence-corrected chi connectivity index (χ0v) is 24.0. The first-order chi connectivity index (χ1) is 19.9. The standard InChI is InChI=1S/C34H42N2O5/c1-36(26-29-19-21-35-22-20-29)23-7-2-8-24-41-32-11-5-4-10-30(32)16-13-27(9-3-6-12-33(37)38)25-28-14-17-31(18-15-28)34(39)40/h4-5,10-11,13-22,27H,2-3,6-9,12,23-26H2,1H3,(H,37,38)(H,39,40). The first kappa shape index (κ1) is 31.6. The lowest BCUT2D eigenvalue weighted by Gasteiger charge is -2.16. The number of carbonyl (C=O) groups is 2. The lowest BCUT2D eigenvalue weighted by molar-refractivity contribution is -0.137. The van der Waals surface area contributed by atoms with Crippen molar-refractivity contribution in [2.45, 2.75) is 57.9 Å². The molecular weight excluding hydrogens is 516 g/mol. The molecule has 1 aromatic heterocycles. The van der Waals surface area contributed by atoms with E-state index in [0.29, 0.717) is 13.0 Å². The molecule has 0 amide bonds. The minimum atomic E-state index is -0.938. The van der Waals surface area contributed by atoms with Gasteiger partial charge in [0.1, 0.15) is 5.75 Å². The number of hydrogen-bond acceptors (Lipinski definition) is 5. The lowest BCUT2D eigenvalue weighted by atomic mass is 9.92. The van der Waals surface area contributed by atoms with Gasteiger partial charge in [0.2, 0.25) is 0 Å². The topological polar surface area (TPSA) is 100.0 Å². The smallest absolute Gasteiger partial charge is 0.335 e. The third-order valence-corrected chi connectivity index (χ3v) is 7.02. The Balaban J connectivity index is 1.50. The molecule has 2 N–H and O–H groups in total. The van der Waals surface area contributed by atoms with Gasteiger partial charge >= 0.3 is 11.9 Å². The number of para-hydroxylation sites is 1. The van der Waals surface area contributed by atoms with E-state index in [1.807, 2.05) is 48.8 Å². The summed E-state index contributed by atoms with van der Waals surface area (Å²) in [6.45, 7) is 2.62. The lowest BCUT2D eigenvalue weighted by Crippen LogP contribution is -2.19. The average molecular weight is 559 g/mol. The van der Waals surface area contributed by atoms with Crippen molar-refractivity contribution in [3.8, 4) is 5.75 Å². The molecule has 0 saturated carbocycles. The second-order valence-electron chi connectivity index (χ2n) is 10.5. The summed E-state index contributed by atoms with van der Waals surface area (Å²) >= 11 is 0. The maximum Gasteiger partial charge on any atom is 0.335 e. The van der Waals surface area contributed by atoms with Crippen LogP contribution in [0, 0.1) is 5.92 Å². The molecule has 41 heavy (non-hydrogen) atoms. The van der Waals surface area contributed by atoms with E-state index in [2.05, 4.69) is 41.2 Å². The summed E-state index contributed by atoms with van der Waals surface area (Å²) < 4.78 is 6.16. The predicted octanol–water partition coefficient (Wildman–Crippen LogP) is 6.98. The first-order valence-electron chi connectivity index (χ1n) is 14.4. The maximum absolute atomic E-state index is 11.2. The Morgan fingerprint density at radius 1 is 0.902 bits per heavy atom. The van der Waals surface area contributed by atoms with E-state index in [-0.39, 0.29) is 17.9 Å². The average Bonchev–Trinajstić information content (AvgIpc) is 2.97. The van der Waals surface area contributed by atoms with Crippen LogP contribution >= 0.6 is 0 Å². The third-order valence-electron chi connectivity index (χ3n) is 7.02. The number of carboxylic acid groups (broad SMARTS) is 2. The second-order valence-corrected chi connectivity index (χ2v) is 10.5. The minimum Gasteiger partial charge on any atom is -0.493 e. The quantitative estimate of drug-likeness (QED) is 0.153. The number of aromatic carboxylic acids is 1. The molecule has 0 aliphatic heterocycles. The number of aliphatic carboxylic acids is 1. The van der Waals surface area contributed by atoms with Crippen LogP contribution in [0.15, 0.2) is 79.1 Å². The molecule has 0 radical (unpaired) electrons. The molecule has 1 heterocycles. The molecule has 3 rings (SSSR count). The molecule has 0 saturated heterocycles. The number of rotatable bonds is 19. The van der Waals surface area contributed by atoms with Crippen LogP contribution in [-0.4, -0.2) is 52.2 Å². The van der Waals surface area contributed by atoms with Crippen molar-refractivity contribution in [2.75, 3.05) is 20.2 Å². The fourth-order valence-corrected chi connectivity index (χ4v) is 4.75. The zero-order chi connectivity index (χ0) is 29.3. The van der Waals surface area contributed by atoms with Crippen molar-refractivity contribution in [3.05, 3.63) is 101 Å². The van der Waals surface area contributed by atoms with E-state index in [4.69, 9.17) is 9.84 Å². The van der Waals surface area contributed by atoms with Crippen molar-refractivity contribution in [1.82, 2.24) is 9.88 Å². The summed E-state index contributed by atoms with van der Waals surface area (Å²) in [6.07, 6.45) is 14.3. The molecule has 7 nitrogen and oxygen atoms in total. The van der Waals surface area contributed by atoms with Crippen LogP contribution in [0.4, 0.5) is 0 Å². The van der Waals surface area contributed by atoms with E-state index in [1.165, 1.54) is 5.56 Å². The van der Waals surface area contributed by atoms with Crippen molar-refractivity contribution >= 4 is 18.0 Å². The molecule has 0 bridgehead atoms. The van der Waals surface area contributed by atoms with Crippen LogP contribution < -0.4 is 4.74 Å². The fourth-order valence-electron chi connectivity index (χ4n) is 4.75. The van der Waals surface area contributed by atoms with Crippen LogP contribution in [0.3, 0.4) is 0 Å². The Kier molecular flexibility index (Phi) is 13.6. The third kappa shape index (κ3) is 12.4. The second kappa shape index (κ2) is 17.7. The van der Waals surface area contributed by atoms with E-state index in [1.54, 1.807) is 12.1 Å². The van der Waals surface area contributed by atoms with Gasteiger partial charge in [-0.15, -0.1) is 0 Å². The van der Waals surface area contributed by atoms with E-state index >= 15 is 0 Å². The predicted molar refractivity (Wildman–Crippen MR) is 162 cm³/mol. The summed E-state index contributed by atoms with van der Waals surface area (Å²) in [5.41, 5.74) is 3.61. The van der Waals surface area contributed by atoms with Crippen LogP contribution in [0.5, 0.6) is 5.75 Å². The van der Waals surface area contributed by atoms with Gasteiger partial charge in [-0.1, -0.05) is 48.9 Å². The van der Waals surface area contributed by atoms with Crippen molar-refractivity contribution in [2.24, 2.45) is 5.92 Å². The van der Waals surface area contributed by atoms with Gasteiger partial charge in [-0.3, -0.25) is 9.78 Å². The summed E-state index contributed by atoms with van der Waals surface area (Å²) in [5.74, 6) is -0.665. The van der Waals surface area contributed by atoms with E-state index in [9.17, 15) is 14.7 Å². The van der Waals surface area contributed by atoms with E-state index in [0.717, 1.165) is 68.5 Å². The largest absolute Gasteiger partial charge is 0.493 e. The Morgan fingerprint density at radius 3 is 2.39 bits per heavy atom. The van der Waals surface area contributed by atoms with Crippen molar-refractivity contribution < 1.29 is 24.5 Å². The zero-order valence-electron chi connectivity index (χ0n) is 24.0. The van der Waals surface area contributed by atoms with Crippen LogP contribution in [0.2, 0.25) is 0 Å². The highest BCUT2D eigenvalue weighted by molar-refractivity contribution is 5.87. The van der Waals surface area contributed by atoms with Gasteiger partial charge in [0.05, 0.1) is 12.2 Å².